The van der Waals surface area contributed by atoms with Gasteiger partial charge in [0.25, 0.3) is 0 Å². The van der Waals surface area contributed by atoms with Crippen LogP contribution in [0.2, 0.25) is 0 Å². The minimum absolute atomic E-state index is 0.0150. The van der Waals surface area contributed by atoms with E-state index < -0.39 is 48.8 Å². The second-order valence-electron chi connectivity index (χ2n) is 8.28. The zero-order valence-corrected chi connectivity index (χ0v) is 19.1. The Hall–Kier alpha value is -2.85. The van der Waals surface area contributed by atoms with Gasteiger partial charge < -0.3 is 35.6 Å². The number of aliphatic hydroxyl groups excluding tert-OH is 2. The van der Waals surface area contributed by atoms with Crippen LogP contribution in [0.3, 0.4) is 0 Å². The fourth-order valence-electron chi connectivity index (χ4n) is 2.92. The summed E-state index contributed by atoms with van der Waals surface area (Å²) in [5.41, 5.74) is -0.418. The monoisotopic (exact) mass is 453 g/mol. The maximum Gasteiger partial charge on any atom is 0.408 e. The van der Waals surface area contributed by atoms with Crippen LogP contribution in [0.1, 0.15) is 52.1 Å². The van der Waals surface area contributed by atoms with Gasteiger partial charge in [0.1, 0.15) is 23.4 Å². The standard InChI is InChI=1S/C22H35N3O7/c1-5-6-11-23-19(29)18(15-7-9-16(28)10-8-15)25(12-13-26)20(30)17(14-27)24-21(31)32-22(2,3)4/h7-10,17-18,26-28H,5-6,11-14H2,1-4H3,(H,23,29)(H,24,31). The number of nitrogens with zero attached hydrogens (tertiary/aromatic N) is 1. The molecule has 0 saturated carbocycles. The van der Waals surface area contributed by atoms with Gasteiger partial charge in [-0.15, -0.1) is 0 Å². The van der Waals surface area contributed by atoms with Gasteiger partial charge in [0, 0.05) is 13.1 Å². The van der Waals surface area contributed by atoms with E-state index in [2.05, 4.69) is 10.6 Å². The van der Waals surface area contributed by atoms with Gasteiger partial charge in [-0.3, -0.25) is 9.59 Å². The van der Waals surface area contributed by atoms with Crippen LogP contribution in [0.15, 0.2) is 24.3 Å². The van der Waals surface area contributed by atoms with Crippen LogP contribution in [-0.4, -0.2) is 76.1 Å². The van der Waals surface area contributed by atoms with Crippen LogP contribution in [0.4, 0.5) is 4.79 Å². The number of ether oxygens (including phenoxy) is 1. The number of carbonyl (C=O) groups excluding carboxylic acids is 3. The Bertz CT molecular complexity index is 747. The Balaban J connectivity index is 3.23. The highest BCUT2D eigenvalue weighted by molar-refractivity contribution is 5.92. The van der Waals surface area contributed by atoms with Crippen molar-refractivity contribution in [2.45, 2.75) is 58.2 Å². The van der Waals surface area contributed by atoms with E-state index in [4.69, 9.17) is 4.74 Å². The largest absolute Gasteiger partial charge is 0.508 e. The number of rotatable bonds is 11. The minimum atomic E-state index is -1.39. The molecule has 5 N–H and O–H groups in total. The third-order valence-corrected chi connectivity index (χ3v) is 4.39. The number of phenolic OH excluding ortho intramolecular Hbond substituents is 1. The third-order valence-electron chi connectivity index (χ3n) is 4.39. The normalized spacial score (nSPS) is 13.1. The maximum absolute atomic E-state index is 13.2. The van der Waals surface area contributed by atoms with Crippen molar-refractivity contribution in [3.63, 3.8) is 0 Å². The second kappa shape index (κ2) is 12.9. The highest BCUT2D eigenvalue weighted by atomic mass is 16.6. The Morgan fingerprint density at radius 2 is 1.75 bits per heavy atom. The molecule has 0 spiro atoms. The number of benzene rings is 1. The van der Waals surface area contributed by atoms with Gasteiger partial charge in [-0.05, 0) is 44.9 Å². The van der Waals surface area contributed by atoms with Gasteiger partial charge in [-0.25, -0.2) is 4.79 Å². The molecule has 10 nitrogen and oxygen atoms in total. The molecule has 1 rings (SSSR count). The molecule has 0 fully saturated rings. The number of unbranched alkanes of at least 4 members (excludes halogenated alkanes) is 1. The molecule has 0 heterocycles. The molecule has 2 atom stereocenters. The first-order valence-electron chi connectivity index (χ1n) is 10.6. The molecular formula is C22H35N3O7. The van der Waals surface area contributed by atoms with E-state index in [0.717, 1.165) is 17.7 Å². The number of aromatic hydroxyl groups is 1. The van der Waals surface area contributed by atoms with Crippen LogP contribution >= 0.6 is 0 Å². The van der Waals surface area contributed by atoms with E-state index in [9.17, 15) is 29.7 Å². The lowest BCUT2D eigenvalue weighted by Gasteiger charge is -2.33. The van der Waals surface area contributed by atoms with Crippen molar-refractivity contribution in [1.29, 1.82) is 0 Å². The first-order valence-corrected chi connectivity index (χ1v) is 10.6. The van der Waals surface area contributed by atoms with Gasteiger partial charge in [0.05, 0.1) is 13.2 Å². The summed E-state index contributed by atoms with van der Waals surface area (Å²) in [5.74, 6) is -1.27. The first-order chi connectivity index (χ1) is 15.0. The van der Waals surface area contributed by atoms with E-state index in [1.165, 1.54) is 24.3 Å². The predicted molar refractivity (Wildman–Crippen MR) is 118 cm³/mol. The number of alkyl carbamates (subject to hydrolysis) is 1. The van der Waals surface area contributed by atoms with E-state index >= 15 is 0 Å². The molecule has 32 heavy (non-hydrogen) atoms. The van der Waals surface area contributed by atoms with Crippen LogP contribution in [-0.2, 0) is 14.3 Å². The average Bonchev–Trinajstić information content (AvgIpc) is 2.71. The summed E-state index contributed by atoms with van der Waals surface area (Å²) >= 11 is 0. The van der Waals surface area contributed by atoms with Crippen molar-refractivity contribution in [3.05, 3.63) is 29.8 Å². The van der Waals surface area contributed by atoms with Crippen LogP contribution in [0.5, 0.6) is 5.75 Å². The molecular weight excluding hydrogens is 418 g/mol. The molecule has 10 heteroatoms. The Morgan fingerprint density at radius 1 is 1.12 bits per heavy atom. The molecule has 3 amide bonds. The molecule has 1 aromatic carbocycles. The number of aliphatic hydroxyl groups is 2. The summed E-state index contributed by atoms with van der Waals surface area (Å²) < 4.78 is 5.14. The molecule has 0 aliphatic rings. The lowest BCUT2D eigenvalue weighted by atomic mass is 10.0. The molecule has 1 aromatic rings. The fraction of sp³-hybridized carbons (Fsp3) is 0.591. The topological polar surface area (TPSA) is 148 Å². The summed E-state index contributed by atoms with van der Waals surface area (Å²) in [7, 11) is 0. The van der Waals surface area contributed by atoms with Gasteiger partial charge in [0.15, 0.2) is 0 Å². The zero-order chi connectivity index (χ0) is 24.3. The maximum atomic E-state index is 13.2. The molecule has 0 aliphatic heterocycles. The highest BCUT2D eigenvalue weighted by Crippen LogP contribution is 2.24. The minimum Gasteiger partial charge on any atom is -0.508 e. The SMILES string of the molecule is CCCCNC(=O)C(c1ccc(O)cc1)N(CCO)C(=O)C(CO)NC(=O)OC(C)(C)C. The van der Waals surface area contributed by atoms with Gasteiger partial charge in [0.2, 0.25) is 11.8 Å². The van der Waals surface area contributed by atoms with Crippen molar-refractivity contribution in [2.24, 2.45) is 0 Å². The zero-order valence-electron chi connectivity index (χ0n) is 19.1. The van der Waals surface area contributed by atoms with E-state index in [1.54, 1.807) is 20.8 Å². The number of hydrogen-bond donors (Lipinski definition) is 5. The predicted octanol–water partition coefficient (Wildman–Crippen LogP) is 1.06. The highest BCUT2D eigenvalue weighted by Gasteiger charge is 2.35. The molecule has 0 aliphatic carbocycles. The lowest BCUT2D eigenvalue weighted by molar-refractivity contribution is -0.143. The van der Waals surface area contributed by atoms with E-state index in [1.807, 2.05) is 6.92 Å². The molecule has 0 aromatic heterocycles. The van der Waals surface area contributed by atoms with Crippen molar-refractivity contribution in [2.75, 3.05) is 26.3 Å². The van der Waals surface area contributed by atoms with Crippen molar-refractivity contribution in [1.82, 2.24) is 15.5 Å². The van der Waals surface area contributed by atoms with Crippen LogP contribution in [0.25, 0.3) is 0 Å². The number of phenols is 1. The number of hydrogen-bond acceptors (Lipinski definition) is 7. The van der Waals surface area contributed by atoms with Gasteiger partial charge in [-0.2, -0.15) is 0 Å². The summed E-state index contributed by atoms with van der Waals surface area (Å²) in [6.07, 6.45) is 0.694. The summed E-state index contributed by atoms with van der Waals surface area (Å²) in [5, 5.41) is 34.0. The Morgan fingerprint density at radius 3 is 2.25 bits per heavy atom. The fourth-order valence-corrected chi connectivity index (χ4v) is 2.92. The average molecular weight is 454 g/mol. The van der Waals surface area contributed by atoms with E-state index in [0.29, 0.717) is 12.1 Å². The summed E-state index contributed by atoms with van der Waals surface area (Å²) in [4.78, 5) is 39.5. The molecule has 0 saturated heterocycles. The number of nitrogens with one attached hydrogen (secondary N) is 2. The van der Waals surface area contributed by atoms with Crippen molar-refractivity contribution >= 4 is 17.9 Å². The quantitative estimate of drug-likeness (QED) is 0.315. The molecule has 0 radical (unpaired) electrons. The lowest BCUT2D eigenvalue weighted by Crippen LogP contribution is -2.55. The second-order valence-corrected chi connectivity index (χ2v) is 8.28. The number of carbonyl (C=O) groups is 3. The molecule has 0 bridgehead atoms. The van der Waals surface area contributed by atoms with Crippen molar-refractivity contribution < 1.29 is 34.4 Å². The van der Waals surface area contributed by atoms with Gasteiger partial charge in [-0.1, -0.05) is 25.5 Å². The van der Waals surface area contributed by atoms with Gasteiger partial charge >= 0.3 is 6.09 Å². The van der Waals surface area contributed by atoms with Crippen LogP contribution < -0.4 is 10.6 Å². The summed E-state index contributed by atoms with van der Waals surface area (Å²) in [6.45, 7) is 5.92. The summed E-state index contributed by atoms with van der Waals surface area (Å²) in [6, 6.07) is 3.21. The third kappa shape index (κ3) is 8.72. The Labute approximate surface area is 188 Å². The van der Waals surface area contributed by atoms with E-state index in [-0.39, 0.29) is 12.3 Å². The smallest absolute Gasteiger partial charge is 0.408 e. The molecule has 2 unspecified atom stereocenters. The Kier molecular flexibility index (Phi) is 10.9. The number of amides is 3. The molecule has 180 valence electrons. The van der Waals surface area contributed by atoms with Crippen LogP contribution in [0, 0.1) is 0 Å². The van der Waals surface area contributed by atoms with Crippen molar-refractivity contribution in [3.8, 4) is 5.75 Å². The first kappa shape index (κ1) is 27.2.